The maximum Gasteiger partial charge on any atom is 0.322 e. The fraction of sp³-hybridized carbons (Fsp3) is 0.483. The van der Waals surface area contributed by atoms with Gasteiger partial charge in [-0.05, 0) is 51.5 Å². The number of carbonyl (C=O) groups is 2. The van der Waals surface area contributed by atoms with Crippen molar-refractivity contribution in [2.45, 2.75) is 77.5 Å². The fourth-order valence-electron chi connectivity index (χ4n) is 5.53. The predicted octanol–water partition coefficient (Wildman–Crippen LogP) is 4.74. The van der Waals surface area contributed by atoms with Gasteiger partial charge >= 0.3 is 6.03 Å². The van der Waals surface area contributed by atoms with E-state index in [2.05, 4.69) is 22.5 Å². The van der Waals surface area contributed by atoms with Crippen molar-refractivity contribution >= 4 is 28.8 Å². The zero-order valence-corrected chi connectivity index (χ0v) is 23.1. The Balaban J connectivity index is 1.52. The molecule has 2 aromatic heterocycles. The molecule has 2 aliphatic rings. The monoisotopic (exact) mass is 531 g/mol. The van der Waals surface area contributed by atoms with Gasteiger partial charge in [0.25, 0.3) is 0 Å². The number of benzene rings is 1. The third-order valence-electron chi connectivity index (χ3n) is 7.92. The summed E-state index contributed by atoms with van der Waals surface area (Å²) in [5, 5.41) is 22.2. The minimum Gasteiger partial charge on any atom is -0.393 e. The number of anilines is 1. The Kier molecular flexibility index (Phi) is 7.65. The highest BCUT2D eigenvalue weighted by Gasteiger charge is 2.32. The molecule has 0 bridgehead atoms. The van der Waals surface area contributed by atoms with E-state index in [0.29, 0.717) is 17.2 Å². The second-order valence-electron chi connectivity index (χ2n) is 10.6. The lowest BCUT2D eigenvalue weighted by atomic mass is 9.92. The number of hydrogen-bond acceptors (Lipinski definition) is 7. The molecule has 1 unspecified atom stereocenters. The Morgan fingerprint density at radius 2 is 1.90 bits per heavy atom. The van der Waals surface area contributed by atoms with E-state index in [0.717, 1.165) is 72.9 Å². The lowest BCUT2D eigenvalue weighted by molar-refractivity contribution is -0.114. The molecule has 206 valence electrons. The van der Waals surface area contributed by atoms with Crippen LogP contribution < -0.4 is 10.6 Å². The van der Waals surface area contributed by atoms with Gasteiger partial charge in [0.2, 0.25) is 5.95 Å². The second kappa shape index (κ2) is 11.1. The fourth-order valence-corrected chi connectivity index (χ4v) is 5.53. The van der Waals surface area contributed by atoms with Crippen molar-refractivity contribution in [2.75, 3.05) is 18.9 Å². The number of unbranched alkanes of at least 4 members (excludes halogenated alkanes) is 1. The molecule has 10 nitrogen and oxygen atoms in total. The number of nitrogens with one attached hydrogen (secondary N) is 2. The van der Waals surface area contributed by atoms with E-state index in [9.17, 15) is 14.7 Å². The lowest BCUT2D eigenvalue weighted by Gasteiger charge is -2.33. The van der Waals surface area contributed by atoms with Gasteiger partial charge in [-0.1, -0.05) is 37.6 Å². The molecule has 1 aliphatic carbocycles. The van der Waals surface area contributed by atoms with E-state index in [1.54, 1.807) is 14.0 Å². The van der Waals surface area contributed by atoms with Crippen LogP contribution in [0.4, 0.5) is 10.7 Å². The molecule has 1 fully saturated rings. The molecule has 0 radical (unpaired) electrons. The largest absolute Gasteiger partial charge is 0.393 e. The highest BCUT2D eigenvalue weighted by Crippen LogP contribution is 2.36. The van der Waals surface area contributed by atoms with Crippen molar-refractivity contribution in [3.8, 4) is 11.3 Å². The summed E-state index contributed by atoms with van der Waals surface area (Å²) in [5.74, 6) is 0.517. The number of urea groups is 1. The van der Waals surface area contributed by atoms with Crippen LogP contribution in [-0.2, 0) is 4.79 Å². The highest BCUT2D eigenvalue weighted by atomic mass is 16.3. The number of aliphatic hydroxyl groups excluding tert-OH is 1. The van der Waals surface area contributed by atoms with Crippen LogP contribution in [0.3, 0.4) is 0 Å². The van der Waals surface area contributed by atoms with Crippen molar-refractivity contribution < 1.29 is 14.7 Å². The third kappa shape index (κ3) is 5.25. The van der Waals surface area contributed by atoms with Crippen LogP contribution in [-0.4, -0.2) is 61.3 Å². The van der Waals surface area contributed by atoms with Crippen molar-refractivity contribution in [2.24, 2.45) is 0 Å². The van der Waals surface area contributed by atoms with E-state index in [4.69, 9.17) is 10.1 Å². The maximum atomic E-state index is 12.5. The van der Waals surface area contributed by atoms with Gasteiger partial charge in [0.15, 0.2) is 11.4 Å². The van der Waals surface area contributed by atoms with Gasteiger partial charge < -0.3 is 20.6 Å². The molecule has 3 heterocycles. The molecule has 0 spiro atoms. The minimum atomic E-state index is -0.511. The number of allylic oxidation sites excluding steroid dienone is 1. The van der Waals surface area contributed by atoms with Gasteiger partial charge in [0.1, 0.15) is 5.69 Å². The summed E-state index contributed by atoms with van der Waals surface area (Å²) in [5.41, 5.74) is 4.53. The standard InChI is InChI=1S/C29H37N7O3/c1-5-6-15-30-28-31-16-23-25(34-36(27(23)33-28)21-11-13-22(38)14-12-21)19-7-9-20(10-8-19)26-24(18(3)37)17(2)35(4)29(39)32-26/h7-10,16,21-22,26,38H,5-6,11-15H2,1-4H3,(H,32,39)(H,30,31,33). The first-order valence-corrected chi connectivity index (χ1v) is 13.8. The predicted molar refractivity (Wildman–Crippen MR) is 150 cm³/mol. The number of aromatic nitrogens is 4. The van der Waals surface area contributed by atoms with Gasteiger partial charge in [-0.3, -0.25) is 4.79 Å². The van der Waals surface area contributed by atoms with Crippen molar-refractivity contribution in [3.05, 3.63) is 47.3 Å². The van der Waals surface area contributed by atoms with Gasteiger partial charge in [-0.2, -0.15) is 10.1 Å². The van der Waals surface area contributed by atoms with Crippen molar-refractivity contribution in [1.82, 2.24) is 30.0 Å². The summed E-state index contributed by atoms with van der Waals surface area (Å²) < 4.78 is 2.01. The molecule has 1 saturated carbocycles. The molecule has 1 atom stereocenters. The van der Waals surface area contributed by atoms with E-state index in [-0.39, 0.29) is 24.0 Å². The molecule has 1 aromatic carbocycles. The number of nitrogens with zero attached hydrogens (tertiary/aromatic N) is 5. The van der Waals surface area contributed by atoms with Crippen molar-refractivity contribution in [1.29, 1.82) is 0 Å². The van der Waals surface area contributed by atoms with Crippen LogP contribution in [0.1, 0.15) is 76.9 Å². The first-order chi connectivity index (χ1) is 18.8. The molecule has 1 aliphatic heterocycles. The molecule has 2 amide bonds. The summed E-state index contributed by atoms with van der Waals surface area (Å²) in [6.45, 7) is 6.28. The van der Waals surface area contributed by atoms with Crippen LogP contribution in [0.25, 0.3) is 22.3 Å². The molecule has 3 aromatic rings. The number of ketones is 1. The number of amides is 2. The number of aliphatic hydroxyl groups is 1. The Morgan fingerprint density at radius 3 is 2.56 bits per heavy atom. The molecule has 5 rings (SSSR count). The number of rotatable bonds is 8. The Bertz CT molecular complexity index is 1400. The van der Waals surface area contributed by atoms with Crippen LogP contribution >= 0.6 is 0 Å². The zero-order chi connectivity index (χ0) is 27.7. The summed E-state index contributed by atoms with van der Waals surface area (Å²) in [6, 6.07) is 7.21. The number of carbonyl (C=O) groups excluding carboxylic acids is 2. The summed E-state index contributed by atoms with van der Waals surface area (Å²) in [6.07, 6.45) is 6.88. The first-order valence-electron chi connectivity index (χ1n) is 13.8. The molecule has 10 heteroatoms. The Hall–Kier alpha value is -3.79. The average Bonchev–Trinajstić information content (AvgIpc) is 3.31. The van der Waals surface area contributed by atoms with Gasteiger partial charge in [0, 0.05) is 36.6 Å². The number of hydrogen-bond donors (Lipinski definition) is 3. The SMILES string of the molecule is CCCCNc1ncc2c(-c3ccc(C4NC(=O)N(C)C(C)=C4C(C)=O)cc3)nn(C3CCC(O)CC3)c2n1. The average molecular weight is 532 g/mol. The summed E-state index contributed by atoms with van der Waals surface area (Å²) in [7, 11) is 1.66. The number of fused-ring (bicyclic) bond motifs is 1. The normalized spacial score (nSPS) is 21.8. The molecular formula is C29H37N7O3. The Labute approximate surface area is 228 Å². The Morgan fingerprint density at radius 1 is 1.18 bits per heavy atom. The van der Waals surface area contributed by atoms with Crippen molar-refractivity contribution in [3.63, 3.8) is 0 Å². The molecular weight excluding hydrogens is 494 g/mol. The lowest BCUT2D eigenvalue weighted by Crippen LogP contribution is -2.45. The van der Waals surface area contributed by atoms with Gasteiger partial charge in [-0.25, -0.2) is 14.5 Å². The van der Waals surface area contributed by atoms with Crippen LogP contribution in [0.15, 0.2) is 41.7 Å². The van der Waals surface area contributed by atoms with Crippen LogP contribution in [0.2, 0.25) is 0 Å². The second-order valence-corrected chi connectivity index (χ2v) is 10.6. The van der Waals surface area contributed by atoms with E-state index in [1.807, 2.05) is 35.1 Å². The molecule has 39 heavy (non-hydrogen) atoms. The maximum absolute atomic E-state index is 12.5. The summed E-state index contributed by atoms with van der Waals surface area (Å²) >= 11 is 0. The molecule has 3 N–H and O–H groups in total. The van der Waals surface area contributed by atoms with Gasteiger partial charge in [-0.15, -0.1) is 0 Å². The smallest absolute Gasteiger partial charge is 0.322 e. The zero-order valence-electron chi connectivity index (χ0n) is 23.1. The van der Waals surface area contributed by atoms with E-state index in [1.165, 1.54) is 11.8 Å². The minimum absolute atomic E-state index is 0.0729. The third-order valence-corrected chi connectivity index (χ3v) is 7.92. The van der Waals surface area contributed by atoms with Crippen LogP contribution in [0, 0.1) is 0 Å². The van der Waals surface area contributed by atoms with E-state index < -0.39 is 6.04 Å². The summed E-state index contributed by atoms with van der Waals surface area (Å²) in [4.78, 5) is 35.9. The molecule has 0 saturated heterocycles. The number of Topliss-reactive ketones (excluding diaryl/α,β-unsaturated/α-hetero) is 1. The van der Waals surface area contributed by atoms with Gasteiger partial charge in [0.05, 0.1) is 23.6 Å². The van der Waals surface area contributed by atoms with E-state index >= 15 is 0 Å². The topological polar surface area (TPSA) is 125 Å². The first kappa shape index (κ1) is 26.8. The highest BCUT2D eigenvalue weighted by molar-refractivity contribution is 5.98. The quantitative estimate of drug-likeness (QED) is 0.359. The van der Waals surface area contributed by atoms with Crippen LogP contribution in [0.5, 0.6) is 0 Å².